The molecule has 0 aliphatic carbocycles. The number of hydrogen-bond acceptors (Lipinski definition) is 3. The summed E-state index contributed by atoms with van der Waals surface area (Å²) < 4.78 is 7.17. The summed E-state index contributed by atoms with van der Waals surface area (Å²) in [6.45, 7) is 1.47. The SMILES string of the molecule is Cn1cc(-c2ccccc2C(=O)O)c(C2CCOCC2)n1. The van der Waals surface area contributed by atoms with Gasteiger partial charge in [0.05, 0.1) is 11.3 Å². The average Bonchev–Trinajstić information content (AvgIpc) is 2.90. The number of carboxylic acids is 1. The van der Waals surface area contributed by atoms with E-state index in [1.54, 1.807) is 16.8 Å². The first-order valence-electron chi connectivity index (χ1n) is 7.11. The third-order valence-corrected chi connectivity index (χ3v) is 3.91. The van der Waals surface area contributed by atoms with Crippen molar-refractivity contribution in [2.24, 2.45) is 7.05 Å². The van der Waals surface area contributed by atoms with Gasteiger partial charge in [0.25, 0.3) is 0 Å². The number of aryl methyl sites for hydroxylation is 1. The van der Waals surface area contributed by atoms with Crippen molar-refractivity contribution < 1.29 is 14.6 Å². The molecule has 5 nitrogen and oxygen atoms in total. The van der Waals surface area contributed by atoms with Crippen molar-refractivity contribution >= 4 is 5.97 Å². The Balaban J connectivity index is 2.08. The highest BCUT2D eigenvalue weighted by Gasteiger charge is 2.24. The first-order chi connectivity index (χ1) is 10.2. The summed E-state index contributed by atoms with van der Waals surface area (Å²) >= 11 is 0. The number of ether oxygens (including phenoxy) is 1. The zero-order valence-corrected chi connectivity index (χ0v) is 12.0. The van der Waals surface area contributed by atoms with Gasteiger partial charge in [-0.1, -0.05) is 18.2 Å². The van der Waals surface area contributed by atoms with Gasteiger partial charge in [-0.3, -0.25) is 4.68 Å². The largest absolute Gasteiger partial charge is 0.478 e. The molecule has 5 heteroatoms. The highest BCUT2D eigenvalue weighted by Crippen LogP contribution is 2.35. The Bertz CT molecular complexity index is 657. The molecule has 0 bridgehead atoms. The lowest BCUT2D eigenvalue weighted by molar-refractivity contribution is 0.0697. The zero-order chi connectivity index (χ0) is 14.8. The molecule has 0 atom stereocenters. The van der Waals surface area contributed by atoms with Gasteiger partial charge in [-0.05, 0) is 24.5 Å². The lowest BCUT2D eigenvalue weighted by Crippen LogP contribution is -2.15. The Morgan fingerprint density at radius 2 is 2.00 bits per heavy atom. The predicted molar refractivity (Wildman–Crippen MR) is 78.4 cm³/mol. The third kappa shape index (κ3) is 2.69. The number of rotatable bonds is 3. The predicted octanol–water partition coefficient (Wildman–Crippen LogP) is 2.68. The summed E-state index contributed by atoms with van der Waals surface area (Å²) in [7, 11) is 1.87. The van der Waals surface area contributed by atoms with Crippen molar-refractivity contribution in [3.8, 4) is 11.1 Å². The molecule has 0 saturated carbocycles. The van der Waals surface area contributed by atoms with Gasteiger partial charge < -0.3 is 9.84 Å². The van der Waals surface area contributed by atoms with Crippen LogP contribution in [0.1, 0.15) is 34.8 Å². The molecule has 0 amide bonds. The maximum absolute atomic E-state index is 11.4. The molecule has 1 aliphatic heterocycles. The molecule has 1 aliphatic rings. The number of nitrogens with zero attached hydrogens (tertiary/aromatic N) is 2. The van der Waals surface area contributed by atoms with E-state index in [0.29, 0.717) is 11.5 Å². The monoisotopic (exact) mass is 286 g/mol. The maximum atomic E-state index is 11.4. The van der Waals surface area contributed by atoms with Crippen LogP contribution in [0.5, 0.6) is 0 Å². The highest BCUT2D eigenvalue weighted by molar-refractivity contribution is 5.96. The molecule has 21 heavy (non-hydrogen) atoms. The molecule has 1 aromatic carbocycles. The molecule has 2 aromatic rings. The minimum atomic E-state index is -0.910. The Morgan fingerprint density at radius 1 is 1.29 bits per heavy atom. The van der Waals surface area contributed by atoms with Crippen LogP contribution < -0.4 is 0 Å². The highest BCUT2D eigenvalue weighted by atomic mass is 16.5. The van der Waals surface area contributed by atoms with Gasteiger partial charge in [0.15, 0.2) is 0 Å². The summed E-state index contributed by atoms with van der Waals surface area (Å²) in [5.74, 6) is -0.579. The molecule has 1 aromatic heterocycles. The molecule has 0 spiro atoms. The van der Waals surface area contributed by atoms with E-state index < -0.39 is 5.97 Å². The minimum Gasteiger partial charge on any atom is -0.478 e. The molecule has 3 rings (SSSR count). The van der Waals surface area contributed by atoms with E-state index in [-0.39, 0.29) is 0 Å². The quantitative estimate of drug-likeness (QED) is 0.942. The summed E-state index contributed by atoms with van der Waals surface area (Å²) in [6, 6.07) is 7.10. The smallest absolute Gasteiger partial charge is 0.336 e. The second-order valence-electron chi connectivity index (χ2n) is 5.34. The van der Waals surface area contributed by atoms with Crippen LogP contribution in [0.3, 0.4) is 0 Å². The molecule has 2 heterocycles. The van der Waals surface area contributed by atoms with Crippen molar-refractivity contribution in [3.05, 3.63) is 41.7 Å². The van der Waals surface area contributed by atoms with Crippen molar-refractivity contribution in [1.82, 2.24) is 9.78 Å². The number of aromatic nitrogens is 2. The van der Waals surface area contributed by atoms with Gasteiger partial charge in [0, 0.05) is 37.9 Å². The van der Waals surface area contributed by atoms with Crippen LogP contribution in [0.15, 0.2) is 30.5 Å². The molecule has 1 fully saturated rings. The number of carbonyl (C=O) groups is 1. The van der Waals surface area contributed by atoms with E-state index in [1.807, 2.05) is 25.4 Å². The maximum Gasteiger partial charge on any atom is 0.336 e. The van der Waals surface area contributed by atoms with Crippen LogP contribution in [0.25, 0.3) is 11.1 Å². The summed E-state index contributed by atoms with van der Waals surface area (Å²) in [6.07, 6.45) is 3.77. The second-order valence-corrected chi connectivity index (χ2v) is 5.34. The fourth-order valence-electron chi connectivity index (χ4n) is 2.89. The topological polar surface area (TPSA) is 64.4 Å². The number of aromatic carboxylic acids is 1. The Hall–Kier alpha value is -2.14. The molecule has 1 N–H and O–H groups in total. The van der Waals surface area contributed by atoms with Crippen LogP contribution in [0.2, 0.25) is 0 Å². The molecule has 1 saturated heterocycles. The Morgan fingerprint density at radius 3 is 2.71 bits per heavy atom. The molecular formula is C16H18N2O3. The van der Waals surface area contributed by atoms with Crippen LogP contribution in [0.4, 0.5) is 0 Å². The van der Waals surface area contributed by atoms with Gasteiger partial charge in [-0.15, -0.1) is 0 Å². The molecule has 0 radical (unpaired) electrons. The Labute approximate surface area is 123 Å². The van der Waals surface area contributed by atoms with Gasteiger partial charge in [0.2, 0.25) is 0 Å². The lowest BCUT2D eigenvalue weighted by atomic mass is 9.90. The lowest BCUT2D eigenvalue weighted by Gasteiger charge is -2.21. The number of hydrogen-bond donors (Lipinski definition) is 1. The molecule has 110 valence electrons. The standard InChI is InChI=1S/C16H18N2O3/c1-18-10-14(12-4-2-3-5-13(12)16(19)20)15(17-18)11-6-8-21-9-7-11/h2-5,10-11H,6-9H2,1H3,(H,19,20). The number of carboxylic acid groups (broad SMARTS) is 1. The first-order valence-corrected chi connectivity index (χ1v) is 7.11. The van der Waals surface area contributed by atoms with Crippen LogP contribution in [-0.2, 0) is 11.8 Å². The van der Waals surface area contributed by atoms with E-state index in [2.05, 4.69) is 5.10 Å². The van der Waals surface area contributed by atoms with E-state index in [0.717, 1.165) is 42.9 Å². The van der Waals surface area contributed by atoms with E-state index in [4.69, 9.17) is 4.74 Å². The van der Waals surface area contributed by atoms with Crippen molar-refractivity contribution in [3.63, 3.8) is 0 Å². The Kier molecular flexibility index (Phi) is 3.75. The zero-order valence-electron chi connectivity index (χ0n) is 12.0. The fraction of sp³-hybridized carbons (Fsp3) is 0.375. The first kappa shape index (κ1) is 13.8. The van der Waals surface area contributed by atoms with Crippen LogP contribution in [0, 0.1) is 0 Å². The summed E-state index contributed by atoms with van der Waals surface area (Å²) in [5.41, 5.74) is 2.95. The van der Waals surface area contributed by atoms with E-state index in [1.165, 1.54) is 0 Å². The summed E-state index contributed by atoms with van der Waals surface area (Å²) in [5, 5.41) is 14.0. The molecule has 0 unspecified atom stereocenters. The van der Waals surface area contributed by atoms with Gasteiger partial charge in [0.1, 0.15) is 0 Å². The van der Waals surface area contributed by atoms with Crippen molar-refractivity contribution in [2.45, 2.75) is 18.8 Å². The normalized spacial score (nSPS) is 16.0. The van der Waals surface area contributed by atoms with Crippen LogP contribution in [-0.4, -0.2) is 34.1 Å². The number of benzene rings is 1. The second kappa shape index (κ2) is 5.69. The fourth-order valence-corrected chi connectivity index (χ4v) is 2.89. The van der Waals surface area contributed by atoms with E-state index in [9.17, 15) is 9.90 Å². The van der Waals surface area contributed by atoms with Crippen LogP contribution >= 0.6 is 0 Å². The van der Waals surface area contributed by atoms with Gasteiger partial charge >= 0.3 is 5.97 Å². The van der Waals surface area contributed by atoms with Crippen molar-refractivity contribution in [1.29, 1.82) is 0 Å². The van der Waals surface area contributed by atoms with Crippen molar-refractivity contribution in [2.75, 3.05) is 13.2 Å². The van der Waals surface area contributed by atoms with Gasteiger partial charge in [-0.2, -0.15) is 5.10 Å². The van der Waals surface area contributed by atoms with E-state index >= 15 is 0 Å². The van der Waals surface area contributed by atoms with Gasteiger partial charge in [-0.25, -0.2) is 4.79 Å². The average molecular weight is 286 g/mol. The molecular weight excluding hydrogens is 268 g/mol. The summed E-state index contributed by atoms with van der Waals surface area (Å²) in [4.78, 5) is 11.4. The minimum absolute atomic E-state index is 0.318. The third-order valence-electron chi connectivity index (χ3n) is 3.91.